The summed E-state index contributed by atoms with van der Waals surface area (Å²) in [6.07, 6.45) is 0. The van der Waals surface area contributed by atoms with Crippen LogP contribution in [0.5, 0.6) is 0 Å². The lowest BCUT2D eigenvalue weighted by molar-refractivity contribution is 0.0998. The Bertz CT molecular complexity index is 1400. The number of aryl methyl sites for hydroxylation is 1. The number of para-hydroxylation sites is 1. The van der Waals surface area contributed by atoms with Crippen LogP contribution >= 0.6 is 23.1 Å². The molecule has 0 aliphatic carbocycles. The molecule has 2 aromatic carbocycles. The van der Waals surface area contributed by atoms with Gasteiger partial charge in [-0.25, -0.2) is 0 Å². The number of fused-ring (bicyclic) bond motifs is 2. The Labute approximate surface area is 186 Å². The Morgan fingerprint density at radius 2 is 2.06 bits per heavy atom. The zero-order valence-corrected chi connectivity index (χ0v) is 18.6. The van der Waals surface area contributed by atoms with Gasteiger partial charge in [0.1, 0.15) is 10.6 Å². The standard InChI is InChI=1S/C22H19N5O2S2/c1-3-30-12-17-16-9-4-5-10-18(16)29-19(17)20(28)23-15-8-6-7-14(11-15)21-26-27-13(2)24-25-22(27)31-21/h4-11H,3,12H2,1-2H3,(H,23,28). The maximum Gasteiger partial charge on any atom is 0.291 e. The predicted octanol–water partition coefficient (Wildman–Crippen LogP) is 5.41. The van der Waals surface area contributed by atoms with Crippen LogP contribution < -0.4 is 5.32 Å². The molecule has 0 saturated carbocycles. The number of hydrogen-bond acceptors (Lipinski definition) is 7. The Hall–Kier alpha value is -3.17. The Morgan fingerprint density at radius 3 is 2.90 bits per heavy atom. The average molecular weight is 450 g/mol. The van der Waals surface area contributed by atoms with Gasteiger partial charge in [0.05, 0.1) is 0 Å². The summed E-state index contributed by atoms with van der Waals surface area (Å²) in [4.78, 5) is 13.8. The number of furan rings is 1. The molecule has 7 nitrogen and oxygen atoms in total. The molecule has 1 amide bonds. The van der Waals surface area contributed by atoms with Crippen molar-refractivity contribution >= 4 is 50.6 Å². The van der Waals surface area contributed by atoms with E-state index < -0.39 is 0 Å². The molecule has 156 valence electrons. The number of carbonyl (C=O) groups is 1. The van der Waals surface area contributed by atoms with Crippen molar-refractivity contribution in [1.82, 2.24) is 19.8 Å². The number of aromatic nitrogens is 4. The number of hydrogen-bond donors (Lipinski definition) is 1. The summed E-state index contributed by atoms with van der Waals surface area (Å²) in [6.45, 7) is 3.97. The third-order valence-corrected chi connectivity index (χ3v) is 6.72. The molecule has 3 aromatic heterocycles. The highest BCUT2D eigenvalue weighted by Crippen LogP contribution is 2.31. The Balaban J connectivity index is 1.45. The summed E-state index contributed by atoms with van der Waals surface area (Å²) in [5, 5.41) is 17.5. The van der Waals surface area contributed by atoms with E-state index in [-0.39, 0.29) is 5.91 Å². The molecule has 0 radical (unpaired) electrons. The third kappa shape index (κ3) is 3.70. The summed E-state index contributed by atoms with van der Waals surface area (Å²) in [7, 11) is 0. The zero-order chi connectivity index (χ0) is 21.4. The van der Waals surface area contributed by atoms with Crippen LogP contribution in [0, 0.1) is 6.92 Å². The second kappa shape index (κ2) is 8.16. The van der Waals surface area contributed by atoms with Gasteiger partial charge in [-0.1, -0.05) is 48.6 Å². The van der Waals surface area contributed by atoms with Crippen LogP contribution in [0.2, 0.25) is 0 Å². The fourth-order valence-corrected chi connectivity index (χ4v) is 4.96. The molecule has 5 rings (SSSR count). The number of carbonyl (C=O) groups excluding carboxylic acids is 1. The normalized spacial score (nSPS) is 11.4. The third-order valence-electron chi connectivity index (χ3n) is 4.87. The summed E-state index contributed by atoms with van der Waals surface area (Å²) in [6, 6.07) is 15.4. The number of anilines is 1. The molecule has 5 aromatic rings. The molecular formula is C22H19N5O2S2. The van der Waals surface area contributed by atoms with Crippen LogP contribution in [0.15, 0.2) is 52.9 Å². The molecule has 9 heteroatoms. The van der Waals surface area contributed by atoms with E-state index in [4.69, 9.17) is 4.42 Å². The number of benzene rings is 2. The summed E-state index contributed by atoms with van der Waals surface area (Å²) < 4.78 is 7.65. The second-order valence-electron chi connectivity index (χ2n) is 6.93. The molecule has 31 heavy (non-hydrogen) atoms. The molecule has 0 aliphatic heterocycles. The fourth-order valence-electron chi connectivity index (χ4n) is 3.38. The smallest absolute Gasteiger partial charge is 0.291 e. The van der Waals surface area contributed by atoms with Crippen LogP contribution in [-0.4, -0.2) is 31.5 Å². The van der Waals surface area contributed by atoms with E-state index in [1.807, 2.05) is 55.5 Å². The van der Waals surface area contributed by atoms with Crippen molar-refractivity contribution in [3.05, 3.63) is 65.7 Å². The first-order valence-electron chi connectivity index (χ1n) is 9.83. The van der Waals surface area contributed by atoms with Gasteiger partial charge >= 0.3 is 0 Å². The van der Waals surface area contributed by atoms with Gasteiger partial charge in [-0.2, -0.15) is 21.4 Å². The maximum atomic E-state index is 13.1. The zero-order valence-electron chi connectivity index (χ0n) is 17.0. The van der Waals surface area contributed by atoms with Gasteiger partial charge in [-0.05, 0) is 30.9 Å². The number of nitrogens with zero attached hydrogens (tertiary/aromatic N) is 4. The van der Waals surface area contributed by atoms with E-state index in [0.29, 0.717) is 11.4 Å². The number of rotatable bonds is 6. The molecule has 0 aliphatic rings. The van der Waals surface area contributed by atoms with Crippen LogP contribution in [0.4, 0.5) is 5.69 Å². The molecule has 1 N–H and O–H groups in total. The van der Waals surface area contributed by atoms with E-state index in [2.05, 4.69) is 27.5 Å². The van der Waals surface area contributed by atoms with Gasteiger partial charge in [-0.15, -0.1) is 10.2 Å². The van der Waals surface area contributed by atoms with Crippen LogP contribution in [-0.2, 0) is 5.75 Å². The van der Waals surface area contributed by atoms with E-state index in [1.54, 1.807) is 16.3 Å². The lowest BCUT2D eigenvalue weighted by Gasteiger charge is -2.06. The van der Waals surface area contributed by atoms with Crippen molar-refractivity contribution in [2.24, 2.45) is 0 Å². The summed E-state index contributed by atoms with van der Waals surface area (Å²) in [5.74, 6) is 2.54. The highest BCUT2D eigenvalue weighted by Gasteiger charge is 2.21. The van der Waals surface area contributed by atoms with Crippen LogP contribution in [0.25, 0.3) is 26.5 Å². The monoisotopic (exact) mass is 449 g/mol. The van der Waals surface area contributed by atoms with Gasteiger partial charge in [0, 0.05) is 28.0 Å². The first kappa shape index (κ1) is 19.8. The highest BCUT2D eigenvalue weighted by molar-refractivity contribution is 7.98. The van der Waals surface area contributed by atoms with Gasteiger partial charge in [0.15, 0.2) is 11.6 Å². The highest BCUT2D eigenvalue weighted by atomic mass is 32.2. The summed E-state index contributed by atoms with van der Waals surface area (Å²) >= 11 is 3.22. The van der Waals surface area contributed by atoms with Gasteiger partial charge in [0.2, 0.25) is 4.96 Å². The second-order valence-corrected chi connectivity index (χ2v) is 9.16. The topological polar surface area (TPSA) is 85.3 Å². The van der Waals surface area contributed by atoms with E-state index >= 15 is 0 Å². The Morgan fingerprint density at radius 1 is 1.19 bits per heavy atom. The minimum absolute atomic E-state index is 0.256. The molecule has 0 atom stereocenters. The molecule has 0 saturated heterocycles. The first-order chi connectivity index (χ1) is 15.1. The molecule has 3 heterocycles. The van der Waals surface area contributed by atoms with Gasteiger partial charge in [0.25, 0.3) is 5.91 Å². The predicted molar refractivity (Wildman–Crippen MR) is 125 cm³/mol. The van der Waals surface area contributed by atoms with E-state index in [0.717, 1.165) is 49.4 Å². The quantitative estimate of drug-likeness (QED) is 0.373. The van der Waals surface area contributed by atoms with Crippen molar-refractivity contribution in [2.45, 2.75) is 19.6 Å². The van der Waals surface area contributed by atoms with Crippen molar-refractivity contribution in [3.8, 4) is 10.6 Å². The molecular weight excluding hydrogens is 430 g/mol. The maximum absolute atomic E-state index is 13.1. The Kier molecular flexibility index (Phi) is 5.21. The van der Waals surface area contributed by atoms with Crippen molar-refractivity contribution in [2.75, 3.05) is 11.1 Å². The van der Waals surface area contributed by atoms with Gasteiger partial charge in [-0.3, -0.25) is 4.79 Å². The molecule has 0 fully saturated rings. The molecule has 0 unspecified atom stereocenters. The van der Waals surface area contributed by atoms with Crippen LogP contribution in [0.1, 0.15) is 28.9 Å². The van der Waals surface area contributed by atoms with Crippen molar-refractivity contribution in [3.63, 3.8) is 0 Å². The minimum Gasteiger partial charge on any atom is -0.451 e. The molecule has 0 bridgehead atoms. The first-order valence-corrected chi connectivity index (χ1v) is 11.8. The minimum atomic E-state index is -0.256. The van der Waals surface area contributed by atoms with Gasteiger partial charge < -0.3 is 9.73 Å². The number of nitrogens with one attached hydrogen (secondary N) is 1. The summed E-state index contributed by atoms with van der Waals surface area (Å²) in [5.41, 5.74) is 3.24. The van der Waals surface area contributed by atoms with E-state index in [9.17, 15) is 4.79 Å². The lowest BCUT2D eigenvalue weighted by atomic mass is 10.1. The number of amides is 1. The van der Waals surface area contributed by atoms with E-state index in [1.165, 1.54) is 11.3 Å². The average Bonchev–Trinajstić information content (AvgIpc) is 3.46. The fraction of sp³-hybridized carbons (Fsp3) is 0.182. The van der Waals surface area contributed by atoms with Crippen molar-refractivity contribution in [1.29, 1.82) is 0 Å². The van der Waals surface area contributed by atoms with Crippen molar-refractivity contribution < 1.29 is 9.21 Å². The number of thioether (sulfide) groups is 1. The largest absolute Gasteiger partial charge is 0.451 e. The SMILES string of the molecule is CCSCc1c(C(=O)Nc2cccc(-c3nn4c(C)nnc4s3)c2)oc2ccccc12. The molecule has 0 spiro atoms. The van der Waals surface area contributed by atoms with Crippen LogP contribution in [0.3, 0.4) is 0 Å². The lowest BCUT2D eigenvalue weighted by Crippen LogP contribution is -2.12.